The topological polar surface area (TPSA) is 163 Å². The van der Waals surface area contributed by atoms with Crippen LogP contribution in [0.5, 0.6) is 28.7 Å². The van der Waals surface area contributed by atoms with E-state index in [9.17, 15) is 25.5 Å². The number of rotatable bonds is 19. The van der Waals surface area contributed by atoms with Crippen LogP contribution in [0.2, 0.25) is 0 Å². The first-order chi connectivity index (χ1) is 29.6. The van der Waals surface area contributed by atoms with E-state index in [1.165, 1.54) is 13.2 Å². The van der Waals surface area contributed by atoms with Gasteiger partial charge in [0, 0.05) is 24.9 Å². The third kappa shape index (κ3) is 10.0. The van der Waals surface area contributed by atoms with Crippen LogP contribution in [0.25, 0.3) is 10.8 Å². The largest absolute Gasteiger partial charge is 0.670 e. The number of phenolic OH excluding ortho intramolecular Hbond substituents is 3. The number of Topliss-reactive ketones (excluding diaryl/α,β-unsaturated/α-hetero) is 1. The van der Waals surface area contributed by atoms with Crippen LogP contribution < -0.4 is 19.8 Å². The Balaban J connectivity index is 1.24. The molecule has 6 aromatic rings. The van der Waals surface area contributed by atoms with Crippen molar-refractivity contribution in [1.29, 1.82) is 0 Å². The summed E-state index contributed by atoms with van der Waals surface area (Å²) in [6, 6.07) is 29.6. The molecule has 61 heavy (non-hydrogen) atoms. The zero-order chi connectivity index (χ0) is 42.9. The molecule has 6 N–H and O–H groups in total. The van der Waals surface area contributed by atoms with E-state index in [1.807, 2.05) is 36.4 Å². The molecule has 1 saturated carbocycles. The zero-order valence-corrected chi connectivity index (χ0v) is 35.0. The van der Waals surface area contributed by atoms with Gasteiger partial charge in [-0.15, -0.1) is 0 Å². The summed E-state index contributed by atoms with van der Waals surface area (Å²) in [6.07, 6.45) is 8.17. The minimum absolute atomic E-state index is 0.00476. The van der Waals surface area contributed by atoms with Crippen molar-refractivity contribution in [1.82, 2.24) is 10.3 Å². The number of hydrogen-bond acceptors (Lipinski definition) is 9. The van der Waals surface area contributed by atoms with Crippen LogP contribution in [0.1, 0.15) is 77.5 Å². The number of benzene rings is 5. The molecule has 0 aliphatic heterocycles. The minimum atomic E-state index is -1.59. The molecule has 5 aromatic carbocycles. The van der Waals surface area contributed by atoms with Gasteiger partial charge in [0.2, 0.25) is 0 Å². The zero-order valence-electron chi connectivity index (χ0n) is 35.0. The second-order valence-electron chi connectivity index (χ2n) is 16.6. The second kappa shape index (κ2) is 19.7. The van der Waals surface area contributed by atoms with Gasteiger partial charge in [-0.25, -0.2) is 0 Å². The highest BCUT2D eigenvalue weighted by molar-refractivity contribution is 5.91. The lowest BCUT2D eigenvalue weighted by molar-refractivity contribution is -0.129. The van der Waals surface area contributed by atoms with Crippen LogP contribution in [0.3, 0.4) is 0 Å². The highest BCUT2D eigenvalue weighted by Gasteiger charge is 2.42. The first-order valence-corrected chi connectivity index (χ1v) is 21.3. The molecule has 3 unspecified atom stereocenters. The molecule has 320 valence electrons. The Bertz CT molecular complexity index is 2400. The molecule has 0 saturated heterocycles. The number of fused-ring (bicyclic) bond motifs is 1. The Hall–Kier alpha value is -5.81. The normalized spacial score (nSPS) is 15.3. The highest BCUT2D eigenvalue weighted by atomic mass is 16.5. The summed E-state index contributed by atoms with van der Waals surface area (Å²) in [5.41, 5.74) is 3.77. The first kappa shape index (κ1) is 43.3. The lowest BCUT2D eigenvalue weighted by Crippen LogP contribution is -2.44. The quantitative estimate of drug-likeness (QED) is 0.0475. The van der Waals surface area contributed by atoms with E-state index < -0.39 is 29.8 Å². The number of ketones is 1. The van der Waals surface area contributed by atoms with Gasteiger partial charge in [0.15, 0.2) is 23.0 Å². The number of methoxy groups -OCH3 is 1. The number of aliphatic hydroxyl groups is 2. The molecule has 0 amide bonds. The molecule has 3 atom stereocenters. The van der Waals surface area contributed by atoms with Crippen molar-refractivity contribution in [3.8, 4) is 28.7 Å². The van der Waals surface area contributed by atoms with Crippen LogP contribution >= 0.6 is 0 Å². The maximum Gasteiger partial charge on any atom is 0.164 e. The lowest BCUT2D eigenvalue weighted by atomic mass is 9.70. The Morgan fingerprint density at radius 2 is 1.64 bits per heavy atom. The van der Waals surface area contributed by atoms with Gasteiger partial charge in [-0.05, 0) is 127 Å². The van der Waals surface area contributed by atoms with Crippen molar-refractivity contribution in [2.45, 2.75) is 88.4 Å². The van der Waals surface area contributed by atoms with Crippen molar-refractivity contribution in [3.05, 3.63) is 148 Å². The maximum atomic E-state index is 15.1. The number of carbonyl (C=O) groups is 1. The number of carbonyl (C=O) groups excluding carboxylic acids is 1. The Morgan fingerprint density at radius 3 is 2.39 bits per heavy atom. The van der Waals surface area contributed by atoms with Crippen LogP contribution in [-0.4, -0.2) is 64.3 Å². The summed E-state index contributed by atoms with van der Waals surface area (Å²) in [4.78, 5) is 19.4. The summed E-state index contributed by atoms with van der Waals surface area (Å²) in [6.45, 7) is -0.201. The molecule has 1 aliphatic carbocycles. The number of aliphatic hydroxyl groups excluding tert-OH is 2. The molecule has 10 heteroatoms. The van der Waals surface area contributed by atoms with Gasteiger partial charge < -0.3 is 45.3 Å². The fourth-order valence-electron chi connectivity index (χ4n) is 9.16. The van der Waals surface area contributed by atoms with E-state index in [4.69, 9.17) is 9.47 Å². The van der Waals surface area contributed by atoms with E-state index >= 15 is 4.79 Å². The van der Waals surface area contributed by atoms with E-state index in [2.05, 4.69) is 34.6 Å². The summed E-state index contributed by atoms with van der Waals surface area (Å²) in [7, 11) is 3.32. The van der Waals surface area contributed by atoms with Crippen molar-refractivity contribution >= 4 is 16.6 Å². The molecule has 7 rings (SSSR count). The van der Waals surface area contributed by atoms with E-state index in [0.717, 1.165) is 70.7 Å². The molecule has 1 fully saturated rings. The van der Waals surface area contributed by atoms with Crippen molar-refractivity contribution in [2.75, 3.05) is 20.8 Å². The standard InChI is InChI=1S/C51H57N2O8/c1-52-30-35-22-40(27-41(55)23-35)51(32-54,29-33-15-17-45(56)48(24-33)61-42-12-4-3-5-13-42)49(59)28-47(58)39(21-34-19-20-53-31-34)25-38-16-18-46(57)50(60-2)44(38)26-37-11-8-10-36-9-6-7-14-43(36)37/h6-11,14-20,22-24,27,31,39,42,47,52,54-58H,3-5,12-13,21,25-26,28-30,32H2,1-2H3/q-1. The first-order valence-electron chi connectivity index (χ1n) is 21.3. The molecule has 0 bridgehead atoms. The number of hydrogen-bond donors (Lipinski definition) is 6. The molecular weight excluding hydrogens is 769 g/mol. The average molecular weight is 826 g/mol. The van der Waals surface area contributed by atoms with Gasteiger partial charge >= 0.3 is 0 Å². The summed E-state index contributed by atoms with van der Waals surface area (Å²) >= 11 is 0. The molecule has 1 aromatic heterocycles. The van der Waals surface area contributed by atoms with Gasteiger partial charge in [-0.2, -0.15) is 12.4 Å². The minimum Gasteiger partial charge on any atom is -0.670 e. The molecule has 1 aliphatic rings. The fraction of sp³-hybridized carbons (Fsp3) is 0.353. The number of nitrogens with one attached hydrogen (secondary N) is 1. The van der Waals surface area contributed by atoms with Crippen LogP contribution in [0.4, 0.5) is 0 Å². The van der Waals surface area contributed by atoms with Gasteiger partial charge in [-0.3, -0.25) is 4.79 Å². The molecule has 1 heterocycles. The number of ether oxygens (including phenoxy) is 2. The van der Waals surface area contributed by atoms with Crippen molar-refractivity contribution < 1.29 is 39.8 Å². The van der Waals surface area contributed by atoms with Crippen LogP contribution in [0.15, 0.2) is 109 Å². The van der Waals surface area contributed by atoms with Crippen molar-refractivity contribution in [3.63, 3.8) is 0 Å². The van der Waals surface area contributed by atoms with Crippen LogP contribution in [-0.2, 0) is 42.4 Å². The Kier molecular flexibility index (Phi) is 14.0. The highest BCUT2D eigenvalue weighted by Crippen LogP contribution is 2.40. The smallest absolute Gasteiger partial charge is 0.164 e. The number of nitrogens with zero attached hydrogens (tertiary/aromatic N) is 1. The summed E-state index contributed by atoms with van der Waals surface area (Å²) in [5, 5.41) is 61.9. The van der Waals surface area contributed by atoms with Gasteiger partial charge in [0.05, 0.1) is 31.3 Å². The summed E-state index contributed by atoms with van der Waals surface area (Å²) < 4.78 is 12.1. The molecular formula is C51H57N2O8-. The average Bonchev–Trinajstić information content (AvgIpc) is 3.78. The predicted octanol–water partition coefficient (Wildman–Crippen LogP) is 7.84. The van der Waals surface area contributed by atoms with Crippen molar-refractivity contribution in [2.24, 2.45) is 5.92 Å². The number of aromatic nitrogens is 1. The van der Waals surface area contributed by atoms with E-state index in [1.54, 1.807) is 49.8 Å². The summed E-state index contributed by atoms with van der Waals surface area (Å²) in [5.74, 6) is -0.285. The SMILES string of the molecule is CNCc1cc(O)cc(C(CO)(Cc2ccc(O)c(OC3CCCCC3)c2)C(=O)CC(O)C(Cc2cc[n-]c2)Cc2ccc(O)c(OC)c2Cc2cccc3ccccc23)c1. The third-order valence-electron chi connectivity index (χ3n) is 12.4. The number of aromatic hydroxyl groups is 3. The van der Waals surface area contributed by atoms with Gasteiger partial charge in [0.25, 0.3) is 0 Å². The molecule has 0 spiro atoms. The second-order valence-corrected chi connectivity index (χ2v) is 16.6. The Labute approximate surface area is 357 Å². The molecule has 10 nitrogen and oxygen atoms in total. The predicted molar refractivity (Wildman–Crippen MR) is 237 cm³/mol. The monoisotopic (exact) mass is 825 g/mol. The third-order valence-corrected chi connectivity index (χ3v) is 12.4. The van der Waals surface area contributed by atoms with E-state index in [0.29, 0.717) is 48.4 Å². The number of phenols is 3. The van der Waals surface area contributed by atoms with Gasteiger partial charge in [0.1, 0.15) is 11.5 Å². The molecule has 0 radical (unpaired) electrons. The van der Waals surface area contributed by atoms with Crippen LogP contribution in [0, 0.1) is 5.92 Å². The fourth-order valence-corrected chi connectivity index (χ4v) is 9.16. The van der Waals surface area contributed by atoms with E-state index in [-0.39, 0.29) is 36.2 Å². The van der Waals surface area contributed by atoms with Gasteiger partial charge in [-0.1, -0.05) is 78.7 Å². The Morgan fingerprint density at radius 1 is 0.852 bits per heavy atom. The lowest BCUT2D eigenvalue weighted by Gasteiger charge is -2.34. The maximum absolute atomic E-state index is 15.1.